The average molecular weight is 239 g/mol. The zero-order valence-corrected chi connectivity index (χ0v) is 11.2. The molecule has 3 aromatic rings. The normalized spacial score (nSPS) is 11.3. The topological polar surface area (TPSA) is 25.0 Å². The van der Waals surface area contributed by atoms with Crippen LogP contribution in [-0.2, 0) is 0 Å². The van der Waals surface area contributed by atoms with Crippen molar-refractivity contribution in [2.45, 2.75) is 20.8 Å². The molecular weight excluding hydrogens is 222 g/mol. The molecule has 0 unspecified atom stereocenters. The van der Waals surface area contributed by atoms with Crippen molar-refractivity contribution >= 4 is 21.8 Å². The third-order valence-corrected chi connectivity index (χ3v) is 3.57. The van der Waals surface area contributed by atoms with Crippen LogP contribution in [0.1, 0.15) is 16.7 Å². The lowest BCUT2D eigenvalue weighted by molar-refractivity contribution is 0.416. The summed E-state index contributed by atoms with van der Waals surface area (Å²) in [4.78, 5) is 3.50. The number of ether oxygens (including phenoxy) is 1. The Hall–Kier alpha value is -1.96. The molecule has 1 N–H and O–H groups in total. The molecule has 2 nitrogen and oxygen atoms in total. The van der Waals surface area contributed by atoms with Gasteiger partial charge in [-0.25, -0.2) is 0 Å². The summed E-state index contributed by atoms with van der Waals surface area (Å²) in [5.74, 6) is 0.945. The van der Waals surface area contributed by atoms with Crippen LogP contribution < -0.4 is 4.74 Å². The van der Waals surface area contributed by atoms with E-state index in [2.05, 4.69) is 50.0 Å². The molecule has 0 saturated heterocycles. The second-order valence-corrected chi connectivity index (χ2v) is 4.97. The van der Waals surface area contributed by atoms with Crippen molar-refractivity contribution in [2.75, 3.05) is 7.11 Å². The van der Waals surface area contributed by atoms with E-state index in [1.165, 1.54) is 27.4 Å². The number of H-pyrrole nitrogens is 1. The maximum Gasteiger partial charge on any atom is 0.145 e. The number of hydrogen-bond acceptors (Lipinski definition) is 1. The van der Waals surface area contributed by atoms with E-state index in [1.54, 1.807) is 7.11 Å². The van der Waals surface area contributed by atoms with E-state index >= 15 is 0 Å². The number of hydrogen-bond donors (Lipinski definition) is 1. The smallest absolute Gasteiger partial charge is 0.145 e. The fraction of sp³-hybridized carbons (Fsp3) is 0.250. The Labute approximate surface area is 107 Å². The Kier molecular flexibility index (Phi) is 2.34. The van der Waals surface area contributed by atoms with Gasteiger partial charge in [0.15, 0.2) is 0 Å². The highest BCUT2D eigenvalue weighted by Gasteiger charge is 2.12. The van der Waals surface area contributed by atoms with E-state index in [4.69, 9.17) is 4.74 Å². The lowest BCUT2D eigenvalue weighted by atomic mass is 10.0. The van der Waals surface area contributed by atoms with Crippen LogP contribution in [0.3, 0.4) is 0 Å². The van der Waals surface area contributed by atoms with Crippen LogP contribution in [0.2, 0.25) is 0 Å². The fourth-order valence-electron chi connectivity index (χ4n) is 2.84. The third kappa shape index (κ3) is 1.42. The maximum absolute atomic E-state index is 5.53. The van der Waals surface area contributed by atoms with Gasteiger partial charge in [-0.3, -0.25) is 0 Å². The van der Waals surface area contributed by atoms with Gasteiger partial charge in [0.25, 0.3) is 0 Å². The second-order valence-electron chi connectivity index (χ2n) is 4.97. The van der Waals surface area contributed by atoms with Gasteiger partial charge in [-0.1, -0.05) is 18.2 Å². The molecule has 1 heterocycles. The van der Waals surface area contributed by atoms with E-state index in [9.17, 15) is 0 Å². The first kappa shape index (κ1) is 11.1. The predicted octanol–water partition coefficient (Wildman–Crippen LogP) is 4.25. The Morgan fingerprint density at radius 3 is 2.50 bits per heavy atom. The van der Waals surface area contributed by atoms with Gasteiger partial charge in [0, 0.05) is 16.3 Å². The first-order valence-electron chi connectivity index (χ1n) is 6.18. The molecule has 18 heavy (non-hydrogen) atoms. The van der Waals surface area contributed by atoms with Gasteiger partial charge in [0.2, 0.25) is 0 Å². The molecule has 0 aliphatic heterocycles. The first-order valence-corrected chi connectivity index (χ1v) is 6.18. The highest BCUT2D eigenvalue weighted by atomic mass is 16.5. The minimum Gasteiger partial charge on any atom is -0.494 e. The van der Waals surface area contributed by atoms with E-state index in [0.717, 1.165) is 16.8 Å². The van der Waals surface area contributed by atoms with Crippen LogP contribution in [0, 0.1) is 20.8 Å². The first-order chi connectivity index (χ1) is 8.61. The number of benzene rings is 2. The fourth-order valence-corrected chi connectivity index (χ4v) is 2.84. The molecule has 1 aromatic heterocycles. The summed E-state index contributed by atoms with van der Waals surface area (Å²) in [6, 6.07) is 8.71. The standard InChI is InChI=1S/C16H17NO/c1-9-7-11(3)14-12-6-5-10(2)16(18-4)15(12)17-13(14)8-9/h5-8,17H,1-4H3. The number of aromatic amines is 1. The van der Waals surface area contributed by atoms with Crippen molar-refractivity contribution in [3.8, 4) is 5.75 Å². The van der Waals surface area contributed by atoms with Gasteiger partial charge in [-0.2, -0.15) is 0 Å². The molecular formula is C16H17NO. The lowest BCUT2D eigenvalue weighted by Crippen LogP contribution is -1.87. The van der Waals surface area contributed by atoms with Crippen LogP contribution in [0.5, 0.6) is 5.75 Å². The Morgan fingerprint density at radius 1 is 1.00 bits per heavy atom. The van der Waals surface area contributed by atoms with Crippen LogP contribution in [-0.4, -0.2) is 12.1 Å². The summed E-state index contributed by atoms with van der Waals surface area (Å²) in [5.41, 5.74) is 6.03. The second kappa shape index (κ2) is 3.77. The molecule has 0 atom stereocenters. The van der Waals surface area contributed by atoms with Crippen LogP contribution in [0.25, 0.3) is 21.8 Å². The lowest BCUT2D eigenvalue weighted by Gasteiger charge is -2.05. The highest BCUT2D eigenvalue weighted by Crippen LogP contribution is 2.35. The maximum atomic E-state index is 5.53. The number of aryl methyl sites for hydroxylation is 3. The Bertz CT molecular complexity index is 753. The van der Waals surface area contributed by atoms with Gasteiger partial charge in [-0.05, 0) is 43.5 Å². The van der Waals surface area contributed by atoms with Crippen molar-refractivity contribution in [1.82, 2.24) is 4.98 Å². The van der Waals surface area contributed by atoms with E-state index in [-0.39, 0.29) is 0 Å². The zero-order chi connectivity index (χ0) is 12.9. The van der Waals surface area contributed by atoms with Crippen LogP contribution >= 0.6 is 0 Å². The Balaban J connectivity index is 2.55. The highest BCUT2D eigenvalue weighted by molar-refractivity contribution is 6.11. The number of aromatic nitrogens is 1. The van der Waals surface area contributed by atoms with Crippen molar-refractivity contribution in [2.24, 2.45) is 0 Å². The molecule has 3 rings (SSSR count). The largest absolute Gasteiger partial charge is 0.494 e. The SMILES string of the molecule is COc1c(C)ccc2c1[nH]c1cc(C)cc(C)c12. The number of methoxy groups -OCH3 is 1. The van der Waals surface area contributed by atoms with Gasteiger partial charge >= 0.3 is 0 Å². The van der Waals surface area contributed by atoms with Crippen LogP contribution in [0.15, 0.2) is 24.3 Å². The van der Waals surface area contributed by atoms with Crippen molar-refractivity contribution < 1.29 is 4.74 Å². The number of nitrogens with one attached hydrogen (secondary N) is 1. The molecule has 0 saturated carbocycles. The minimum atomic E-state index is 0.945. The van der Waals surface area contributed by atoms with E-state index < -0.39 is 0 Å². The van der Waals surface area contributed by atoms with Gasteiger partial charge in [0.1, 0.15) is 5.75 Å². The van der Waals surface area contributed by atoms with Crippen molar-refractivity contribution in [1.29, 1.82) is 0 Å². The quantitative estimate of drug-likeness (QED) is 0.674. The average Bonchev–Trinajstić information content (AvgIpc) is 2.66. The van der Waals surface area contributed by atoms with Crippen LogP contribution in [0.4, 0.5) is 0 Å². The molecule has 0 aliphatic carbocycles. The zero-order valence-electron chi connectivity index (χ0n) is 11.2. The summed E-state index contributed by atoms with van der Waals surface area (Å²) in [7, 11) is 1.73. The molecule has 0 spiro atoms. The van der Waals surface area contributed by atoms with Crippen molar-refractivity contribution in [3.05, 3.63) is 41.0 Å². The summed E-state index contributed by atoms with van der Waals surface area (Å²) in [6.45, 7) is 6.36. The molecule has 0 radical (unpaired) electrons. The summed E-state index contributed by atoms with van der Waals surface area (Å²) >= 11 is 0. The molecule has 0 fully saturated rings. The van der Waals surface area contributed by atoms with E-state index in [0.29, 0.717) is 0 Å². The molecule has 0 aliphatic rings. The summed E-state index contributed by atoms with van der Waals surface area (Å²) in [5, 5.41) is 2.54. The number of rotatable bonds is 1. The third-order valence-electron chi connectivity index (χ3n) is 3.57. The summed E-state index contributed by atoms with van der Waals surface area (Å²) < 4.78 is 5.53. The predicted molar refractivity (Wildman–Crippen MR) is 76.6 cm³/mol. The van der Waals surface area contributed by atoms with Gasteiger partial charge in [0.05, 0.1) is 12.6 Å². The summed E-state index contributed by atoms with van der Waals surface area (Å²) in [6.07, 6.45) is 0. The molecule has 0 amide bonds. The molecule has 0 bridgehead atoms. The molecule has 92 valence electrons. The van der Waals surface area contributed by atoms with Crippen molar-refractivity contribution in [3.63, 3.8) is 0 Å². The molecule has 2 heteroatoms. The van der Waals surface area contributed by atoms with E-state index in [1.807, 2.05) is 0 Å². The van der Waals surface area contributed by atoms with Gasteiger partial charge in [-0.15, -0.1) is 0 Å². The monoisotopic (exact) mass is 239 g/mol. The Morgan fingerprint density at radius 2 is 1.78 bits per heavy atom. The minimum absolute atomic E-state index is 0.945. The molecule has 2 aromatic carbocycles. The van der Waals surface area contributed by atoms with Gasteiger partial charge < -0.3 is 9.72 Å². The number of fused-ring (bicyclic) bond motifs is 3.